The Balaban J connectivity index is 2.52. The van der Waals surface area contributed by atoms with E-state index in [1.165, 1.54) is 12.2 Å². The third kappa shape index (κ3) is 4.72. The molecule has 168 valence electrons. The summed E-state index contributed by atoms with van der Waals surface area (Å²) in [7, 11) is 0. The Morgan fingerprint density at radius 3 is 2.43 bits per heavy atom. The van der Waals surface area contributed by atoms with Gasteiger partial charge in [0.2, 0.25) is 0 Å². The van der Waals surface area contributed by atoms with Crippen molar-refractivity contribution in [2.75, 3.05) is 6.61 Å². The van der Waals surface area contributed by atoms with Gasteiger partial charge >= 0.3 is 5.97 Å². The lowest BCUT2D eigenvalue weighted by Gasteiger charge is -2.51. The predicted octanol–water partition coefficient (Wildman–Crippen LogP) is 0.0741. The second kappa shape index (κ2) is 9.09. The molecule has 0 aromatic rings. The first kappa shape index (κ1) is 24.4. The molecule has 9 nitrogen and oxygen atoms in total. The summed E-state index contributed by atoms with van der Waals surface area (Å²) in [5, 5.41) is 48.9. The average Bonchev–Trinajstić information content (AvgIpc) is 2.62. The molecule has 6 atom stereocenters. The van der Waals surface area contributed by atoms with E-state index >= 15 is 0 Å². The second-order valence-electron chi connectivity index (χ2n) is 8.47. The van der Waals surface area contributed by atoms with Crippen molar-refractivity contribution in [1.82, 2.24) is 0 Å². The van der Waals surface area contributed by atoms with Crippen LogP contribution in [-0.4, -0.2) is 80.2 Å². The van der Waals surface area contributed by atoms with Gasteiger partial charge in [0.25, 0.3) is 0 Å². The number of aliphatic hydroxyl groups is 4. The van der Waals surface area contributed by atoms with Crippen molar-refractivity contribution >= 4 is 11.8 Å². The number of hydrogen-bond acceptors (Lipinski definition) is 8. The van der Waals surface area contributed by atoms with E-state index in [1.54, 1.807) is 33.8 Å². The average molecular weight is 426 g/mol. The molecule has 0 radical (unpaired) electrons. The molecule has 2 unspecified atom stereocenters. The molecule has 9 heteroatoms. The van der Waals surface area contributed by atoms with E-state index in [2.05, 4.69) is 0 Å². The maximum absolute atomic E-state index is 12.2. The molecule has 0 bridgehead atoms. The van der Waals surface area contributed by atoms with Gasteiger partial charge in [-0.05, 0) is 37.1 Å². The van der Waals surface area contributed by atoms with E-state index in [4.69, 9.17) is 14.6 Å². The lowest BCUT2D eigenvalue weighted by atomic mass is 9.64. The topological polar surface area (TPSA) is 154 Å². The zero-order chi connectivity index (χ0) is 22.9. The predicted molar refractivity (Wildman–Crippen MR) is 105 cm³/mol. The Kier molecular flexibility index (Phi) is 7.39. The summed E-state index contributed by atoms with van der Waals surface area (Å²) in [6.07, 6.45) is -1.69. The Labute approximate surface area is 174 Å². The second-order valence-corrected chi connectivity index (χ2v) is 8.47. The molecular formula is C21H30O9. The SMILES string of the molecule is CC(C=CC1(OC2O[C@H](CO)[C@@H](O)[C@H](O)[C@H]2O)C(C)=CC(=O)CC1(C)C)=CC(=O)O. The first-order chi connectivity index (χ1) is 13.8. The number of aliphatic carboxylic acids is 1. The number of carbonyl (C=O) groups is 2. The standard InChI is InChI=1S/C21H30O9/c1-11(7-15(24)25)5-6-21(12(2)8-13(23)9-20(21,3)4)30-19-18(28)17(27)16(26)14(10-22)29-19/h5-8,14,16-19,22,26-28H,9-10H2,1-4H3,(H,24,25)/t14-,16-,17+,18-,19?,21?/m1/s1. The monoisotopic (exact) mass is 426 g/mol. The number of hydrogen-bond donors (Lipinski definition) is 5. The summed E-state index contributed by atoms with van der Waals surface area (Å²) in [5.41, 5.74) is -1.22. The van der Waals surface area contributed by atoms with Crippen molar-refractivity contribution < 1.29 is 44.6 Å². The van der Waals surface area contributed by atoms with Crippen molar-refractivity contribution in [1.29, 1.82) is 0 Å². The minimum Gasteiger partial charge on any atom is -0.478 e. The Morgan fingerprint density at radius 2 is 1.90 bits per heavy atom. The van der Waals surface area contributed by atoms with E-state index < -0.39 is 54.3 Å². The van der Waals surface area contributed by atoms with Gasteiger partial charge < -0.3 is 35.0 Å². The number of carbonyl (C=O) groups excluding carboxylic acids is 1. The molecule has 1 heterocycles. The van der Waals surface area contributed by atoms with Crippen LogP contribution >= 0.6 is 0 Å². The van der Waals surface area contributed by atoms with E-state index in [0.717, 1.165) is 6.08 Å². The Morgan fingerprint density at radius 1 is 1.27 bits per heavy atom. The Hall–Kier alpha value is -1.88. The van der Waals surface area contributed by atoms with Gasteiger partial charge in [-0.25, -0.2) is 4.79 Å². The van der Waals surface area contributed by atoms with Crippen LogP contribution in [0.5, 0.6) is 0 Å². The molecule has 2 aliphatic rings. The molecular weight excluding hydrogens is 396 g/mol. The lowest BCUT2D eigenvalue weighted by Crippen LogP contribution is -2.62. The zero-order valence-corrected chi connectivity index (χ0v) is 17.5. The van der Waals surface area contributed by atoms with E-state index in [-0.39, 0.29) is 12.2 Å². The highest BCUT2D eigenvalue weighted by Gasteiger charge is 2.54. The third-order valence-corrected chi connectivity index (χ3v) is 5.67. The van der Waals surface area contributed by atoms with Crippen LogP contribution in [-0.2, 0) is 19.1 Å². The number of ether oxygens (including phenoxy) is 2. The molecule has 1 saturated heterocycles. The number of rotatable bonds is 6. The van der Waals surface area contributed by atoms with Crippen molar-refractivity contribution in [3.05, 3.63) is 35.5 Å². The molecule has 2 rings (SSSR count). The van der Waals surface area contributed by atoms with Gasteiger partial charge in [-0.3, -0.25) is 4.79 Å². The molecule has 0 spiro atoms. The third-order valence-electron chi connectivity index (χ3n) is 5.67. The van der Waals surface area contributed by atoms with Gasteiger partial charge in [-0.1, -0.05) is 19.9 Å². The number of aliphatic hydroxyl groups excluding tert-OH is 4. The summed E-state index contributed by atoms with van der Waals surface area (Å²) >= 11 is 0. The van der Waals surface area contributed by atoms with Gasteiger partial charge in [0, 0.05) is 17.9 Å². The summed E-state index contributed by atoms with van der Waals surface area (Å²) in [4.78, 5) is 23.1. The maximum atomic E-state index is 12.2. The van der Waals surface area contributed by atoms with E-state index in [0.29, 0.717) is 11.1 Å². The van der Waals surface area contributed by atoms with Crippen LogP contribution < -0.4 is 0 Å². The highest BCUT2D eigenvalue weighted by atomic mass is 16.7. The molecule has 1 aliphatic heterocycles. The molecule has 1 fully saturated rings. The summed E-state index contributed by atoms with van der Waals surface area (Å²) < 4.78 is 11.7. The van der Waals surface area contributed by atoms with Gasteiger partial charge in [-0.2, -0.15) is 0 Å². The minimum absolute atomic E-state index is 0.105. The number of ketones is 1. The number of carboxylic acid groups (broad SMARTS) is 1. The van der Waals surface area contributed by atoms with Crippen LogP contribution in [0.1, 0.15) is 34.1 Å². The fourth-order valence-corrected chi connectivity index (χ4v) is 3.99. The van der Waals surface area contributed by atoms with E-state index in [1.807, 2.05) is 0 Å². The fourth-order valence-electron chi connectivity index (χ4n) is 3.99. The largest absolute Gasteiger partial charge is 0.478 e. The molecule has 1 aliphatic carbocycles. The van der Waals surface area contributed by atoms with Crippen LogP contribution in [0, 0.1) is 5.41 Å². The van der Waals surface area contributed by atoms with Gasteiger partial charge in [0.05, 0.1) is 6.61 Å². The highest BCUT2D eigenvalue weighted by molar-refractivity contribution is 5.93. The van der Waals surface area contributed by atoms with Crippen LogP contribution in [0.25, 0.3) is 0 Å². The van der Waals surface area contributed by atoms with Crippen LogP contribution in [0.4, 0.5) is 0 Å². The smallest absolute Gasteiger partial charge is 0.328 e. The van der Waals surface area contributed by atoms with Gasteiger partial charge in [-0.15, -0.1) is 0 Å². The van der Waals surface area contributed by atoms with Gasteiger partial charge in [0.15, 0.2) is 12.1 Å². The van der Waals surface area contributed by atoms with Crippen molar-refractivity contribution in [3.8, 4) is 0 Å². The first-order valence-corrected chi connectivity index (χ1v) is 9.65. The summed E-state index contributed by atoms with van der Waals surface area (Å²) in [6.45, 7) is 6.22. The van der Waals surface area contributed by atoms with Crippen LogP contribution in [0.2, 0.25) is 0 Å². The summed E-state index contributed by atoms with van der Waals surface area (Å²) in [5.74, 6) is -1.23. The molecule has 0 aromatic heterocycles. The van der Waals surface area contributed by atoms with Crippen molar-refractivity contribution in [2.45, 2.75) is 70.4 Å². The molecule has 5 N–H and O–H groups in total. The quantitative estimate of drug-likeness (QED) is 0.293. The Bertz CT molecular complexity index is 764. The minimum atomic E-state index is -1.62. The van der Waals surface area contributed by atoms with Crippen LogP contribution in [0.3, 0.4) is 0 Å². The van der Waals surface area contributed by atoms with E-state index in [9.17, 15) is 30.0 Å². The summed E-state index contributed by atoms with van der Waals surface area (Å²) in [6, 6.07) is 0. The highest BCUT2D eigenvalue weighted by Crippen LogP contribution is 2.48. The van der Waals surface area contributed by atoms with Crippen molar-refractivity contribution in [2.24, 2.45) is 5.41 Å². The number of carboxylic acids is 1. The van der Waals surface area contributed by atoms with Crippen LogP contribution in [0.15, 0.2) is 35.5 Å². The maximum Gasteiger partial charge on any atom is 0.328 e. The fraction of sp³-hybridized carbons (Fsp3) is 0.619. The zero-order valence-electron chi connectivity index (χ0n) is 17.5. The lowest BCUT2D eigenvalue weighted by molar-refractivity contribution is -0.326. The van der Waals surface area contributed by atoms with Crippen molar-refractivity contribution in [3.63, 3.8) is 0 Å². The number of allylic oxidation sites excluding steroid dienone is 3. The molecule has 0 saturated carbocycles. The molecule has 30 heavy (non-hydrogen) atoms. The molecule has 0 aromatic carbocycles. The first-order valence-electron chi connectivity index (χ1n) is 9.65. The molecule has 0 amide bonds. The normalized spacial score (nSPS) is 37.3. The van der Waals surface area contributed by atoms with Gasteiger partial charge in [0.1, 0.15) is 30.0 Å².